The zero-order valence-electron chi connectivity index (χ0n) is 15.8. The van der Waals surface area contributed by atoms with Crippen molar-refractivity contribution < 1.29 is 9.47 Å². The Morgan fingerprint density at radius 1 is 1.12 bits per heavy atom. The van der Waals surface area contributed by atoms with E-state index in [4.69, 9.17) is 9.47 Å². The molecule has 134 valence electrons. The van der Waals surface area contributed by atoms with Gasteiger partial charge < -0.3 is 14.4 Å². The highest BCUT2D eigenvalue weighted by atomic mass is 16.5. The first-order valence-electron chi connectivity index (χ1n) is 9.28. The minimum atomic E-state index is 0.748. The maximum atomic E-state index is 5.93. The minimum Gasteiger partial charge on any atom is -0.493 e. The van der Waals surface area contributed by atoms with E-state index in [0.29, 0.717) is 0 Å². The fraction of sp³-hybridized carbons (Fsp3) is 0.619. The van der Waals surface area contributed by atoms with Crippen molar-refractivity contribution in [2.75, 3.05) is 33.4 Å². The predicted octanol–water partition coefficient (Wildman–Crippen LogP) is 4.87. The number of piperidine rings is 1. The van der Waals surface area contributed by atoms with Gasteiger partial charge in [-0.25, -0.2) is 0 Å². The van der Waals surface area contributed by atoms with Crippen LogP contribution in [0.5, 0.6) is 11.5 Å². The number of hydrogen-bond donors (Lipinski definition) is 0. The molecule has 1 aromatic carbocycles. The highest BCUT2D eigenvalue weighted by molar-refractivity contribution is 5.55. The van der Waals surface area contributed by atoms with Crippen molar-refractivity contribution in [3.05, 3.63) is 29.8 Å². The third kappa shape index (κ3) is 5.86. The van der Waals surface area contributed by atoms with Crippen molar-refractivity contribution in [1.29, 1.82) is 0 Å². The average Bonchev–Trinajstić information content (AvgIpc) is 2.55. The molecule has 0 N–H and O–H groups in total. The van der Waals surface area contributed by atoms with Gasteiger partial charge in [0, 0.05) is 13.1 Å². The predicted molar refractivity (Wildman–Crippen MR) is 102 cm³/mol. The van der Waals surface area contributed by atoms with Gasteiger partial charge in [0.25, 0.3) is 0 Å². The Bertz CT molecular complexity index is 517. The lowest BCUT2D eigenvalue weighted by Gasteiger charge is -2.34. The Kier molecular flexibility index (Phi) is 7.64. The number of rotatable bonds is 8. The summed E-state index contributed by atoms with van der Waals surface area (Å²) < 4.78 is 11.4. The van der Waals surface area contributed by atoms with E-state index >= 15 is 0 Å². The van der Waals surface area contributed by atoms with E-state index in [2.05, 4.69) is 30.9 Å². The van der Waals surface area contributed by atoms with E-state index in [1.807, 2.05) is 25.1 Å². The van der Waals surface area contributed by atoms with Crippen molar-refractivity contribution in [3.63, 3.8) is 0 Å². The number of benzene rings is 1. The Balaban J connectivity index is 1.72. The zero-order valence-corrected chi connectivity index (χ0v) is 15.8. The van der Waals surface area contributed by atoms with Crippen molar-refractivity contribution in [2.45, 2.75) is 40.0 Å². The molecule has 0 bridgehead atoms. The smallest absolute Gasteiger partial charge is 0.161 e. The Hall–Kier alpha value is -1.48. The van der Waals surface area contributed by atoms with Crippen LogP contribution in [0.15, 0.2) is 24.3 Å². The molecule has 1 heterocycles. The molecule has 1 fully saturated rings. The number of allylic oxidation sites excluding steroid dienone is 1. The van der Waals surface area contributed by atoms with Crippen LogP contribution in [-0.2, 0) is 0 Å². The number of hydrogen-bond acceptors (Lipinski definition) is 3. The third-order valence-electron chi connectivity index (χ3n) is 4.62. The maximum absolute atomic E-state index is 5.93. The van der Waals surface area contributed by atoms with E-state index < -0.39 is 0 Å². The standard InChI is InChI=1S/C21H33NO2/c1-5-8-19-9-10-20(21(14-19)23-4)24-12-7-6-11-22-15-17(2)13-18(3)16-22/h5,8-10,14,17-18H,6-7,11-13,15-16H2,1-4H3/b8-5+/t17-,18-/m1/s1. The van der Waals surface area contributed by atoms with Crippen molar-refractivity contribution in [1.82, 2.24) is 4.90 Å². The molecule has 24 heavy (non-hydrogen) atoms. The number of unbranched alkanes of at least 4 members (excludes halogenated alkanes) is 1. The molecule has 1 aromatic rings. The van der Waals surface area contributed by atoms with E-state index in [1.165, 1.54) is 32.5 Å². The second kappa shape index (κ2) is 9.73. The van der Waals surface area contributed by atoms with Crippen LogP contribution in [-0.4, -0.2) is 38.3 Å². The van der Waals surface area contributed by atoms with Crippen LogP contribution in [0.1, 0.15) is 45.6 Å². The third-order valence-corrected chi connectivity index (χ3v) is 4.62. The van der Waals surface area contributed by atoms with Gasteiger partial charge in [0.15, 0.2) is 11.5 Å². The molecule has 1 aliphatic heterocycles. The van der Waals surface area contributed by atoms with Gasteiger partial charge in [-0.05, 0) is 62.3 Å². The van der Waals surface area contributed by atoms with Gasteiger partial charge in [-0.15, -0.1) is 0 Å². The molecule has 2 atom stereocenters. The van der Waals surface area contributed by atoms with E-state index in [-0.39, 0.29) is 0 Å². The van der Waals surface area contributed by atoms with Crippen molar-refractivity contribution in [2.24, 2.45) is 11.8 Å². The summed E-state index contributed by atoms with van der Waals surface area (Å²) in [6, 6.07) is 6.09. The summed E-state index contributed by atoms with van der Waals surface area (Å²) >= 11 is 0. The van der Waals surface area contributed by atoms with Crippen LogP contribution in [0.2, 0.25) is 0 Å². The van der Waals surface area contributed by atoms with Crippen molar-refractivity contribution >= 4 is 6.08 Å². The number of nitrogens with zero attached hydrogens (tertiary/aromatic N) is 1. The van der Waals surface area contributed by atoms with Crippen LogP contribution in [0.4, 0.5) is 0 Å². The van der Waals surface area contributed by atoms with E-state index in [9.17, 15) is 0 Å². The molecule has 0 aromatic heterocycles. The second-order valence-electron chi connectivity index (χ2n) is 7.17. The van der Waals surface area contributed by atoms with Crippen LogP contribution >= 0.6 is 0 Å². The lowest BCUT2D eigenvalue weighted by molar-refractivity contribution is 0.136. The van der Waals surface area contributed by atoms with Gasteiger partial charge in [-0.3, -0.25) is 0 Å². The van der Waals surface area contributed by atoms with Gasteiger partial charge in [0.2, 0.25) is 0 Å². The summed E-state index contributed by atoms with van der Waals surface area (Å²) in [6.07, 6.45) is 7.74. The normalized spacial score (nSPS) is 22.0. The molecule has 2 rings (SSSR count). The first-order chi connectivity index (χ1) is 11.6. The van der Waals surface area contributed by atoms with Gasteiger partial charge in [0.1, 0.15) is 0 Å². The zero-order chi connectivity index (χ0) is 17.4. The van der Waals surface area contributed by atoms with Crippen molar-refractivity contribution in [3.8, 4) is 11.5 Å². The van der Waals surface area contributed by atoms with Crippen LogP contribution < -0.4 is 9.47 Å². The summed E-state index contributed by atoms with van der Waals surface area (Å²) in [7, 11) is 1.69. The molecule has 0 saturated carbocycles. The summed E-state index contributed by atoms with van der Waals surface area (Å²) in [4.78, 5) is 2.62. The maximum Gasteiger partial charge on any atom is 0.161 e. The van der Waals surface area contributed by atoms with Crippen LogP contribution in [0, 0.1) is 11.8 Å². The van der Waals surface area contributed by atoms with E-state index in [0.717, 1.165) is 41.9 Å². The molecule has 0 spiro atoms. The summed E-state index contributed by atoms with van der Waals surface area (Å²) in [5.41, 5.74) is 1.13. The fourth-order valence-corrected chi connectivity index (χ4v) is 3.69. The summed E-state index contributed by atoms with van der Waals surface area (Å²) in [5.74, 6) is 3.32. The molecule has 0 amide bonds. The topological polar surface area (TPSA) is 21.7 Å². The lowest BCUT2D eigenvalue weighted by atomic mass is 9.92. The van der Waals surface area contributed by atoms with Gasteiger partial charge >= 0.3 is 0 Å². The summed E-state index contributed by atoms with van der Waals surface area (Å²) in [5, 5.41) is 0. The highest BCUT2D eigenvalue weighted by Crippen LogP contribution is 2.28. The van der Waals surface area contributed by atoms with Gasteiger partial charge in [0.05, 0.1) is 13.7 Å². The van der Waals surface area contributed by atoms with Crippen LogP contribution in [0.3, 0.4) is 0 Å². The number of likely N-dealkylation sites (tertiary alicyclic amines) is 1. The highest BCUT2D eigenvalue weighted by Gasteiger charge is 2.20. The largest absolute Gasteiger partial charge is 0.493 e. The Morgan fingerprint density at radius 3 is 2.54 bits per heavy atom. The SMILES string of the molecule is C/C=C/c1ccc(OCCCCN2C[C@H](C)C[C@@H](C)C2)c(OC)c1. The Labute approximate surface area is 147 Å². The molecule has 0 radical (unpaired) electrons. The van der Waals surface area contributed by atoms with Crippen LogP contribution in [0.25, 0.3) is 6.08 Å². The first kappa shape index (κ1) is 18.9. The quantitative estimate of drug-likeness (QED) is 0.635. The molecule has 0 aliphatic carbocycles. The van der Waals surface area contributed by atoms with Gasteiger partial charge in [-0.1, -0.05) is 32.1 Å². The van der Waals surface area contributed by atoms with Gasteiger partial charge in [-0.2, -0.15) is 0 Å². The summed E-state index contributed by atoms with van der Waals surface area (Å²) in [6.45, 7) is 11.2. The Morgan fingerprint density at radius 2 is 1.88 bits per heavy atom. The first-order valence-corrected chi connectivity index (χ1v) is 9.28. The number of ether oxygens (including phenoxy) is 2. The molecule has 1 aliphatic rings. The minimum absolute atomic E-state index is 0.748. The average molecular weight is 332 g/mol. The monoisotopic (exact) mass is 331 g/mol. The molecule has 0 unspecified atom stereocenters. The molecule has 1 saturated heterocycles. The second-order valence-corrected chi connectivity index (χ2v) is 7.17. The number of methoxy groups -OCH3 is 1. The molecular formula is C21H33NO2. The fourth-order valence-electron chi connectivity index (χ4n) is 3.69. The molecule has 3 nitrogen and oxygen atoms in total. The lowest BCUT2D eigenvalue weighted by Crippen LogP contribution is -2.39. The van der Waals surface area contributed by atoms with E-state index in [1.54, 1.807) is 7.11 Å². The molecule has 3 heteroatoms. The molecular weight excluding hydrogens is 298 g/mol.